The van der Waals surface area contributed by atoms with E-state index in [-0.39, 0.29) is 11.1 Å². The Kier molecular flexibility index (Phi) is 3.04. The van der Waals surface area contributed by atoms with Crippen molar-refractivity contribution in [1.29, 1.82) is 0 Å². The number of halogens is 2. The van der Waals surface area contributed by atoms with Gasteiger partial charge in [-0.25, -0.2) is 8.78 Å². The third-order valence-corrected chi connectivity index (χ3v) is 2.48. The fourth-order valence-electron chi connectivity index (χ4n) is 1.58. The standard InChI is InChI=1S/C13H11F2NO/c1-9-2-7-12(17)16(8-9)11-5-3-10(4-6-11)13(14)15/h2-8,13H,1H3. The second kappa shape index (κ2) is 4.49. The van der Waals surface area contributed by atoms with E-state index in [9.17, 15) is 13.6 Å². The zero-order valence-electron chi connectivity index (χ0n) is 9.23. The van der Waals surface area contributed by atoms with Gasteiger partial charge in [0.1, 0.15) is 0 Å². The average Bonchev–Trinajstić information content (AvgIpc) is 2.32. The molecule has 0 N–H and O–H groups in total. The second-order valence-electron chi connectivity index (χ2n) is 3.81. The van der Waals surface area contributed by atoms with Crippen LogP contribution in [0.1, 0.15) is 17.6 Å². The van der Waals surface area contributed by atoms with Gasteiger partial charge in [-0.2, -0.15) is 0 Å². The molecule has 0 unspecified atom stereocenters. The summed E-state index contributed by atoms with van der Waals surface area (Å²) in [6, 6.07) is 8.86. The summed E-state index contributed by atoms with van der Waals surface area (Å²) in [5, 5.41) is 0. The highest BCUT2D eigenvalue weighted by molar-refractivity contribution is 5.36. The van der Waals surface area contributed by atoms with E-state index in [1.54, 1.807) is 12.3 Å². The summed E-state index contributed by atoms with van der Waals surface area (Å²) in [6.45, 7) is 1.86. The van der Waals surface area contributed by atoms with E-state index < -0.39 is 6.43 Å². The van der Waals surface area contributed by atoms with E-state index in [4.69, 9.17) is 0 Å². The van der Waals surface area contributed by atoms with E-state index >= 15 is 0 Å². The van der Waals surface area contributed by atoms with Crippen molar-refractivity contribution >= 4 is 0 Å². The molecule has 0 radical (unpaired) electrons. The van der Waals surface area contributed by atoms with Crippen LogP contribution >= 0.6 is 0 Å². The molecule has 1 aromatic heterocycles. The lowest BCUT2D eigenvalue weighted by Crippen LogP contribution is -2.16. The van der Waals surface area contributed by atoms with Gasteiger partial charge in [0.05, 0.1) is 0 Å². The van der Waals surface area contributed by atoms with Gasteiger partial charge >= 0.3 is 0 Å². The minimum atomic E-state index is -2.49. The average molecular weight is 235 g/mol. The minimum Gasteiger partial charge on any atom is -0.284 e. The number of alkyl halides is 2. The van der Waals surface area contributed by atoms with Gasteiger partial charge in [0, 0.05) is 23.5 Å². The zero-order chi connectivity index (χ0) is 12.4. The molecular weight excluding hydrogens is 224 g/mol. The highest BCUT2D eigenvalue weighted by atomic mass is 19.3. The normalized spacial score (nSPS) is 10.8. The molecule has 4 heteroatoms. The maximum Gasteiger partial charge on any atom is 0.263 e. The minimum absolute atomic E-state index is 0.0468. The van der Waals surface area contributed by atoms with Crippen LogP contribution in [0.15, 0.2) is 47.4 Å². The third-order valence-electron chi connectivity index (χ3n) is 2.48. The summed E-state index contributed by atoms with van der Waals surface area (Å²) < 4.78 is 26.2. The van der Waals surface area contributed by atoms with E-state index in [2.05, 4.69) is 0 Å². The molecule has 0 saturated heterocycles. The Balaban J connectivity index is 2.46. The van der Waals surface area contributed by atoms with Crippen molar-refractivity contribution in [2.75, 3.05) is 0 Å². The van der Waals surface area contributed by atoms with Crippen molar-refractivity contribution in [3.05, 3.63) is 64.1 Å². The van der Waals surface area contributed by atoms with Crippen LogP contribution in [0.25, 0.3) is 5.69 Å². The molecule has 0 aliphatic rings. The lowest BCUT2D eigenvalue weighted by atomic mass is 10.2. The molecule has 2 rings (SSSR count). The Morgan fingerprint density at radius 2 is 1.71 bits per heavy atom. The topological polar surface area (TPSA) is 22.0 Å². The first-order valence-corrected chi connectivity index (χ1v) is 5.16. The molecule has 0 bridgehead atoms. The third kappa shape index (κ3) is 2.41. The van der Waals surface area contributed by atoms with Crippen molar-refractivity contribution in [2.24, 2.45) is 0 Å². The zero-order valence-corrected chi connectivity index (χ0v) is 9.23. The molecule has 2 aromatic rings. The van der Waals surface area contributed by atoms with Crippen LogP contribution in [-0.2, 0) is 0 Å². The van der Waals surface area contributed by atoms with E-state index in [0.717, 1.165) is 5.56 Å². The summed E-state index contributed by atoms with van der Waals surface area (Å²) in [7, 11) is 0. The van der Waals surface area contributed by atoms with Crippen molar-refractivity contribution in [3.63, 3.8) is 0 Å². The number of rotatable bonds is 2. The quantitative estimate of drug-likeness (QED) is 0.784. The molecular formula is C13H11F2NO. The molecule has 0 saturated carbocycles. The molecule has 0 amide bonds. The Morgan fingerprint density at radius 1 is 1.06 bits per heavy atom. The predicted molar refractivity (Wildman–Crippen MR) is 61.7 cm³/mol. The van der Waals surface area contributed by atoms with Gasteiger partial charge in [-0.3, -0.25) is 9.36 Å². The monoisotopic (exact) mass is 235 g/mol. The van der Waals surface area contributed by atoms with Gasteiger partial charge in [0.2, 0.25) is 0 Å². The van der Waals surface area contributed by atoms with Crippen LogP contribution < -0.4 is 5.56 Å². The van der Waals surface area contributed by atoms with E-state index in [1.807, 2.05) is 6.92 Å². The summed E-state index contributed by atoms with van der Waals surface area (Å²) in [5.41, 5.74) is 1.29. The number of hydrogen-bond acceptors (Lipinski definition) is 1. The lowest BCUT2D eigenvalue weighted by molar-refractivity contribution is 0.151. The van der Waals surface area contributed by atoms with Gasteiger partial charge < -0.3 is 0 Å². The molecule has 0 fully saturated rings. The van der Waals surface area contributed by atoms with E-state index in [0.29, 0.717) is 5.69 Å². The number of aromatic nitrogens is 1. The van der Waals surface area contributed by atoms with Crippen molar-refractivity contribution < 1.29 is 8.78 Å². The Labute approximate surface area is 97.1 Å². The highest BCUT2D eigenvalue weighted by Crippen LogP contribution is 2.19. The highest BCUT2D eigenvalue weighted by Gasteiger charge is 2.06. The lowest BCUT2D eigenvalue weighted by Gasteiger charge is -2.07. The molecule has 0 aliphatic heterocycles. The number of benzene rings is 1. The first-order chi connectivity index (χ1) is 8.08. The molecule has 17 heavy (non-hydrogen) atoms. The molecule has 0 aliphatic carbocycles. The van der Waals surface area contributed by atoms with Gasteiger partial charge in [0.25, 0.3) is 12.0 Å². The molecule has 0 atom stereocenters. The first-order valence-electron chi connectivity index (χ1n) is 5.16. The number of pyridine rings is 1. The molecule has 88 valence electrons. The first kappa shape index (κ1) is 11.5. The number of nitrogens with zero attached hydrogens (tertiary/aromatic N) is 1. The van der Waals surface area contributed by atoms with Crippen LogP contribution in [0.5, 0.6) is 0 Å². The van der Waals surface area contributed by atoms with Crippen molar-refractivity contribution in [3.8, 4) is 5.69 Å². The van der Waals surface area contributed by atoms with Crippen molar-refractivity contribution in [1.82, 2.24) is 4.57 Å². The Bertz CT molecular complexity index is 573. The molecule has 2 nitrogen and oxygen atoms in total. The molecule has 1 aromatic carbocycles. The van der Waals surface area contributed by atoms with Crippen LogP contribution in [0.4, 0.5) is 8.78 Å². The van der Waals surface area contributed by atoms with E-state index in [1.165, 1.54) is 34.9 Å². The van der Waals surface area contributed by atoms with Gasteiger partial charge in [-0.1, -0.05) is 18.2 Å². The molecule has 1 heterocycles. The van der Waals surface area contributed by atoms with Crippen LogP contribution in [-0.4, -0.2) is 4.57 Å². The van der Waals surface area contributed by atoms with Crippen LogP contribution in [0.3, 0.4) is 0 Å². The summed E-state index contributed by atoms with van der Waals surface area (Å²) in [4.78, 5) is 11.6. The van der Waals surface area contributed by atoms with Crippen LogP contribution in [0.2, 0.25) is 0 Å². The predicted octanol–water partition coefficient (Wildman–Crippen LogP) is 3.08. The van der Waals surface area contributed by atoms with Crippen LogP contribution in [0, 0.1) is 6.92 Å². The Hall–Kier alpha value is -1.97. The fraction of sp³-hybridized carbons (Fsp3) is 0.154. The summed E-state index contributed by atoms with van der Waals surface area (Å²) in [6.07, 6.45) is -0.807. The maximum absolute atomic E-state index is 12.4. The SMILES string of the molecule is Cc1ccc(=O)n(-c2ccc(C(F)F)cc2)c1. The van der Waals surface area contributed by atoms with Gasteiger partial charge in [-0.15, -0.1) is 0 Å². The number of hydrogen-bond donors (Lipinski definition) is 0. The molecule has 0 spiro atoms. The smallest absolute Gasteiger partial charge is 0.263 e. The largest absolute Gasteiger partial charge is 0.284 e. The van der Waals surface area contributed by atoms with Gasteiger partial charge in [-0.05, 0) is 24.6 Å². The number of aryl methyl sites for hydroxylation is 1. The Morgan fingerprint density at radius 3 is 2.29 bits per heavy atom. The summed E-state index contributed by atoms with van der Waals surface area (Å²) >= 11 is 0. The second-order valence-corrected chi connectivity index (χ2v) is 3.81. The van der Waals surface area contributed by atoms with Gasteiger partial charge in [0.15, 0.2) is 0 Å². The fourth-order valence-corrected chi connectivity index (χ4v) is 1.58. The maximum atomic E-state index is 12.4. The summed E-state index contributed by atoms with van der Waals surface area (Å²) in [5.74, 6) is 0. The van der Waals surface area contributed by atoms with Crippen molar-refractivity contribution in [2.45, 2.75) is 13.3 Å².